The zero-order chi connectivity index (χ0) is 14.8. The first-order chi connectivity index (χ1) is 9.46. The van der Waals surface area contributed by atoms with Crippen molar-refractivity contribution in [3.63, 3.8) is 0 Å². The van der Waals surface area contributed by atoms with Gasteiger partial charge in [0.15, 0.2) is 5.78 Å². The number of non-ortho nitro benzene ring substituents is 1. The van der Waals surface area contributed by atoms with E-state index in [-0.39, 0.29) is 18.1 Å². The zero-order valence-electron chi connectivity index (χ0n) is 11.4. The van der Waals surface area contributed by atoms with Crippen LogP contribution < -0.4 is 0 Å². The summed E-state index contributed by atoms with van der Waals surface area (Å²) in [6, 6.07) is 6.15. The number of rotatable bonds is 5. The van der Waals surface area contributed by atoms with E-state index in [0.717, 1.165) is 12.0 Å². The summed E-state index contributed by atoms with van der Waals surface area (Å²) in [5.74, 6) is 0.0643. The number of hydrogen-bond acceptors (Lipinski definition) is 4. The number of carbonyl (C=O) groups excluding carboxylic acids is 1. The Labute approximate surface area is 117 Å². The van der Waals surface area contributed by atoms with Crippen molar-refractivity contribution in [2.45, 2.75) is 32.5 Å². The van der Waals surface area contributed by atoms with Crippen molar-refractivity contribution < 1.29 is 14.5 Å². The largest absolute Gasteiger partial charge is 0.366 e. The summed E-state index contributed by atoms with van der Waals surface area (Å²) in [6.45, 7) is 5.86. The molecular weight excluding hydrogens is 258 g/mol. The predicted octanol–water partition coefficient (Wildman–Crippen LogP) is 3.04. The van der Waals surface area contributed by atoms with Gasteiger partial charge in [-0.05, 0) is 37.5 Å². The van der Waals surface area contributed by atoms with Gasteiger partial charge < -0.3 is 4.74 Å². The smallest absolute Gasteiger partial charge is 0.269 e. The Morgan fingerprint density at radius 1 is 1.50 bits per heavy atom. The first kappa shape index (κ1) is 14.4. The summed E-state index contributed by atoms with van der Waals surface area (Å²) in [6.07, 6.45) is 2.72. The van der Waals surface area contributed by atoms with Crippen molar-refractivity contribution in [2.75, 3.05) is 0 Å². The van der Waals surface area contributed by atoms with Crippen molar-refractivity contribution >= 4 is 11.5 Å². The predicted molar refractivity (Wildman–Crippen MR) is 74.2 cm³/mol. The molecule has 0 N–H and O–H groups in total. The van der Waals surface area contributed by atoms with Gasteiger partial charge in [-0.2, -0.15) is 0 Å². The Morgan fingerprint density at radius 2 is 2.15 bits per heavy atom. The van der Waals surface area contributed by atoms with Crippen molar-refractivity contribution in [1.29, 1.82) is 0 Å². The van der Waals surface area contributed by atoms with Crippen LogP contribution in [0.5, 0.6) is 0 Å². The van der Waals surface area contributed by atoms with Crippen LogP contribution in [0, 0.1) is 15.5 Å². The Hall–Kier alpha value is -2.01. The van der Waals surface area contributed by atoms with Crippen LogP contribution in [0.15, 0.2) is 36.9 Å². The minimum absolute atomic E-state index is 0.0462. The fourth-order valence-electron chi connectivity index (χ4n) is 2.33. The van der Waals surface area contributed by atoms with Gasteiger partial charge >= 0.3 is 0 Å². The van der Waals surface area contributed by atoms with Crippen molar-refractivity contribution in [3.8, 4) is 0 Å². The molecule has 106 valence electrons. The van der Waals surface area contributed by atoms with E-state index in [1.54, 1.807) is 18.2 Å². The highest BCUT2D eigenvalue weighted by atomic mass is 16.6. The second-order valence-electron chi connectivity index (χ2n) is 5.25. The second kappa shape index (κ2) is 5.54. The first-order valence-corrected chi connectivity index (χ1v) is 6.49. The summed E-state index contributed by atoms with van der Waals surface area (Å²) < 4.78 is 5.63. The molecule has 1 aliphatic rings. The Morgan fingerprint density at radius 3 is 2.65 bits per heavy atom. The third-order valence-electron chi connectivity index (χ3n) is 3.83. The zero-order valence-corrected chi connectivity index (χ0v) is 11.4. The first-order valence-electron chi connectivity index (χ1n) is 6.49. The maximum absolute atomic E-state index is 12.1. The van der Waals surface area contributed by atoms with Gasteiger partial charge in [0.05, 0.1) is 11.5 Å². The summed E-state index contributed by atoms with van der Waals surface area (Å²) in [5, 5.41) is 10.5. The third kappa shape index (κ3) is 2.77. The molecule has 0 spiro atoms. The maximum atomic E-state index is 12.1. The maximum Gasteiger partial charge on any atom is 0.269 e. The lowest BCUT2D eigenvalue weighted by atomic mass is 9.88. The van der Waals surface area contributed by atoms with Crippen LogP contribution in [0.2, 0.25) is 0 Å². The minimum Gasteiger partial charge on any atom is -0.366 e. The van der Waals surface area contributed by atoms with Crippen LogP contribution in [-0.4, -0.2) is 16.8 Å². The average Bonchev–Trinajstić information content (AvgIpc) is 2.74. The van der Waals surface area contributed by atoms with Crippen LogP contribution in [0.25, 0.3) is 0 Å². The van der Waals surface area contributed by atoms with E-state index in [4.69, 9.17) is 4.74 Å². The van der Waals surface area contributed by atoms with E-state index in [0.29, 0.717) is 6.42 Å². The molecule has 0 heterocycles. The molecule has 0 radical (unpaired) electrons. The van der Waals surface area contributed by atoms with Gasteiger partial charge in [-0.15, -0.1) is 6.58 Å². The van der Waals surface area contributed by atoms with Crippen LogP contribution in [-0.2, 0) is 16.1 Å². The molecule has 1 aromatic carbocycles. The quantitative estimate of drug-likeness (QED) is 0.470. The van der Waals surface area contributed by atoms with E-state index in [1.165, 1.54) is 12.1 Å². The number of allylic oxidation sites excluding steroid dienone is 1. The van der Waals surface area contributed by atoms with Gasteiger partial charge in [0, 0.05) is 17.5 Å². The fourth-order valence-corrected chi connectivity index (χ4v) is 2.33. The van der Waals surface area contributed by atoms with E-state index in [9.17, 15) is 14.9 Å². The molecule has 0 bridgehead atoms. The minimum atomic E-state index is -0.486. The van der Waals surface area contributed by atoms with Crippen molar-refractivity contribution in [1.82, 2.24) is 0 Å². The third-order valence-corrected chi connectivity index (χ3v) is 3.83. The lowest BCUT2D eigenvalue weighted by Gasteiger charge is -2.17. The van der Waals surface area contributed by atoms with E-state index in [2.05, 4.69) is 6.58 Å². The molecule has 0 aliphatic heterocycles. The standard InChI is InChI=1S/C15H17NO4/c1-3-15(2)9-8-13(14(15)17)20-10-11-4-6-12(7-5-11)16(18)19/h3-7,13H,1,8-10H2,2H3/t13?,15-/m1/s1. The summed E-state index contributed by atoms with van der Waals surface area (Å²) in [7, 11) is 0. The van der Waals surface area contributed by atoms with Gasteiger partial charge in [-0.3, -0.25) is 14.9 Å². The number of ether oxygens (including phenoxy) is 1. The molecule has 0 amide bonds. The van der Waals surface area contributed by atoms with Crippen LogP contribution in [0.1, 0.15) is 25.3 Å². The number of carbonyl (C=O) groups is 1. The van der Waals surface area contributed by atoms with Crippen LogP contribution in [0.4, 0.5) is 5.69 Å². The molecule has 0 saturated heterocycles. The molecule has 0 aromatic heterocycles. The van der Waals surface area contributed by atoms with Gasteiger partial charge in [-0.25, -0.2) is 0 Å². The number of hydrogen-bond donors (Lipinski definition) is 0. The Balaban J connectivity index is 1.95. The number of nitro benzene ring substituents is 1. The molecule has 1 saturated carbocycles. The van der Waals surface area contributed by atoms with Crippen LogP contribution in [0.3, 0.4) is 0 Å². The number of Topliss-reactive ketones (excluding diaryl/α,β-unsaturated/α-hetero) is 1. The molecule has 2 atom stereocenters. The van der Waals surface area contributed by atoms with E-state index in [1.807, 2.05) is 6.92 Å². The summed E-state index contributed by atoms with van der Waals surface area (Å²) in [4.78, 5) is 22.2. The summed E-state index contributed by atoms with van der Waals surface area (Å²) in [5.41, 5.74) is 0.376. The van der Waals surface area contributed by atoms with Gasteiger partial charge in [0.25, 0.3) is 5.69 Å². The molecular formula is C15H17NO4. The molecule has 5 nitrogen and oxygen atoms in total. The number of benzene rings is 1. The fraction of sp³-hybridized carbons (Fsp3) is 0.400. The highest BCUT2D eigenvalue weighted by Crippen LogP contribution is 2.37. The lowest BCUT2D eigenvalue weighted by Crippen LogP contribution is -2.27. The SMILES string of the molecule is C=C[C@]1(C)CCC(OCc2ccc([N+](=O)[O-])cc2)C1=O. The van der Waals surface area contributed by atoms with E-state index < -0.39 is 16.4 Å². The van der Waals surface area contributed by atoms with Crippen molar-refractivity contribution in [2.24, 2.45) is 5.41 Å². The van der Waals surface area contributed by atoms with Gasteiger partial charge in [0.1, 0.15) is 6.10 Å². The molecule has 1 fully saturated rings. The topological polar surface area (TPSA) is 69.4 Å². The van der Waals surface area contributed by atoms with Gasteiger partial charge in [0.2, 0.25) is 0 Å². The highest BCUT2D eigenvalue weighted by molar-refractivity contribution is 5.92. The molecule has 20 heavy (non-hydrogen) atoms. The molecule has 2 rings (SSSR count). The monoisotopic (exact) mass is 275 g/mol. The van der Waals surface area contributed by atoms with Crippen molar-refractivity contribution in [3.05, 3.63) is 52.6 Å². The van der Waals surface area contributed by atoms with Gasteiger partial charge in [-0.1, -0.05) is 6.08 Å². The number of nitro groups is 1. The van der Waals surface area contributed by atoms with E-state index >= 15 is 0 Å². The molecule has 1 aromatic rings. The number of ketones is 1. The number of nitrogens with zero attached hydrogens (tertiary/aromatic N) is 1. The molecule has 1 unspecified atom stereocenters. The van der Waals surface area contributed by atoms with Crippen LogP contribution >= 0.6 is 0 Å². The highest BCUT2D eigenvalue weighted by Gasteiger charge is 2.42. The Bertz CT molecular complexity index is 537. The second-order valence-corrected chi connectivity index (χ2v) is 5.25. The lowest BCUT2D eigenvalue weighted by molar-refractivity contribution is -0.384. The Kier molecular flexibility index (Phi) is 3.99. The molecule has 5 heteroatoms. The average molecular weight is 275 g/mol. The summed E-state index contributed by atoms with van der Waals surface area (Å²) >= 11 is 0. The normalized spacial score (nSPS) is 25.6. The molecule has 1 aliphatic carbocycles.